The van der Waals surface area contributed by atoms with Crippen LogP contribution in [0.3, 0.4) is 0 Å². The Hall–Kier alpha value is -2.33. The lowest BCUT2D eigenvalue weighted by Gasteiger charge is -2.08. The number of anilines is 1. The Labute approximate surface area is 134 Å². The van der Waals surface area contributed by atoms with E-state index in [0.29, 0.717) is 28.4 Å². The van der Waals surface area contributed by atoms with Gasteiger partial charge >= 0.3 is 0 Å². The lowest BCUT2D eigenvalue weighted by Crippen LogP contribution is -2.24. The molecule has 5 heteroatoms. The van der Waals surface area contributed by atoms with Gasteiger partial charge in [-0.3, -0.25) is 9.59 Å². The van der Waals surface area contributed by atoms with E-state index in [2.05, 4.69) is 10.6 Å². The zero-order valence-corrected chi connectivity index (χ0v) is 13.0. The fourth-order valence-electron chi connectivity index (χ4n) is 1.88. The van der Waals surface area contributed by atoms with E-state index in [-0.39, 0.29) is 11.8 Å². The molecule has 2 aromatic rings. The fraction of sp³-hybridized carbons (Fsp3) is 0.176. The Bertz CT molecular complexity index is 669. The van der Waals surface area contributed by atoms with Gasteiger partial charge in [-0.25, -0.2) is 0 Å². The second-order valence-corrected chi connectivity index (χ2v) is 5.23. The van der Waals surface area contributed by atoms with Crippen LogP contribution in [-0.4, -0.2) is 18.4 Å². The largest absolute Gasteiger partial charge is 0.352 e. The minimum Gasteiger partial charge on any atom is -0.352 e. The molecule has 0 unspecified atom stereocenters. The van der Waals surface area contributed by atoms with Crippen LogP contribution in [0.25, 0.3) is 0 Å². The van der Waals surface area contributed by atoms with Gasteiger partial charge in [-0.05, 0) is 48.9 Å². The summed E-state index contributed by atoms with van der Waals surface area (Å²) >= 11 is 5.80. The van der Waals surface area contributed by atoms with Gasteiger partial charge in [0.25, 0.3) is 11.8 Å². The summed E-state index contributed by atoms with van der Waals surface area (Å²) in [6.07, 6.45) is 0.874. The second-order valence-electron chi connectivity index (χ2n) is 4.80. The molecule has 0 aromatic heterocycles. The van der Waals surface area contributed by atoms with E-state index >= 15 is 0 Å². The molecule has 0 saturated heterocycles. The quantitative estimate of drug-likeness (QED) is 0.883. The van der Waals surface area contributed by atoms with Gasteiger partial charge in [-0.15, -0.1) is 0 Å². The molecule has 0 aliphatic heterocycles. The lowest BCUT2D eigenvalue weighted by atomic mass is 10.1. The first kappa shape index (κ1) is 16.0. The van der Waals surface area contributed by atoms with E-state index in [0.717, 1.165) is 6.42 Å². The number of hydrogen-bond acceptors (Lipinski definition) is 2. The first-order valence-corrected chi connectivity index (χ1v) is 7.43. The van der Waals surface area contributed by atoms with Gasteiger partial charge in [-0.1, -0.05) is 24.6 Å². The first-order chi connectivity index (χ1) is 10.6. The molecule has 0 atom stereocenters. The molecule has 0 spiro atoms. The maximum Gasteiger partial charge on any atom is 0.255 e. The zero-order chi connectivity index (χ0) is 15.9. The smallest absolute Gasteiger partial charge is 0.255 e. The first-order valence-electron chi connectivity index (χ1n) is 7.05. The van der Waals surface area contributed by atoms with Crippen molar-refractivity contribution in [2.75, 3.05) is 11.9 Å². The number of carbonyl (C=O) groups excluding carboxylic acids is 2. The second kappa shape index (κ2) is 7.61. The molecular weight excluding hydrogens is 300 g/mol. The molecule has 0 radical (unpaired) electrons. The van der Waals surface area contributed by atoms with Crippen LogP contribution in [0.4, 0.5) is 5.69 Å². The standard InChI is InChI=1S/C17H17ClN2O2/c1-2-10-19-16(21)13-4-3-5-15(11-13)20-17(22)12-6-8-14(18)9-7-12/h3-9,11H,2,10H2,1H3,(H,19,21)(H,20,22). The number of nitrogens with one attached hydrogen (secondary N) is 2. The van der Waals surface area contributed by atoms with Crippen LogP contribution in [0, 0.1) is 0 Å². The van der Waals surface area contributed by atoms with Crippen molar-refractivity contribution in [1.82, 2.24) is 5.32 Å². The summed E-state index contributed by atoms with van der Waals surface area (Å²) in [6, 6.07) is 13.5. The summed E-state index contributed by atoms with van der Waals surface area (Å²) in [7, 11) is 0. The molecule has 0 saturated carbocycles. The molecule has 0 aliphatic carbocycles. The van der Waals surface area contributed by atoms with Gasteiger partial charge in [0.1, 0.15) is 0 Å². The molecule has 4 nitrogen and oxygen atoms in total. The maximum absolute atomic E-state index is 12.1. The van der Waals surface area contributed by atoms with Crippen molar-refractivity contribution in [3.05, 3.63) is 64.7 Å². The van der Waals surface area contributed by atoms with Crippen molar-refractivity contribution in [2.24, 2.45) is 0 Å². The minimum atomic E-state index is -0.247. The lowest BCUT2D eigenvalue weighted by molar-refractivity contribution is 0.0952. The Morgan fingerprint density at radius 3 is 2.41 bits per heavy atom. The Balaban J connectivity index is 2.08. The van der Waals surface area contributed by atoms with Gasteiger partial charge in [0.05, 0.1) is 0 Å². The van der Waals surface area contributed by atoms with E-state index in [4.69, 9.17) is 11.6 Å². The summed E-state index contributed by atoms with van der Waals surface area (Å²) in [5, 5.41) is 6.14. The van der Waals surface area contributed by atoms with Gasteiger partial charge in [0.15, 0.2) is 0 Å². The molecule has 2 rings (SSSR count). The van der Waals surface area contributed by atoms with Crippen LogP contribution in [0.5, 0.6) is 0 Å². The van der Waals surface area contributed by atoms with Gasteiger partial charge in [0.2, 0.25) is 0 Å². The predicted molar refractivity (Wildman–Crippen MR) is 88.5 cm³/mol. The molecule has 0 aliphatic rings. The third kappa shape index (κ3) is 4.33. The number of amides is 2. The highest BCUT2D eigenvalue weighted by atomic mass is 35.5. The highest BCUT2D eigenvalue weighted by molar-refractivity contribution is 6.30. The summed E-state index contributed by atoms with van der Waals surface area (Å²) in [4.78, 5) is 24.0. The number of halogens is 1. The molecule has 0 heterocycles. The molecule has 2 amide bonds. The molecule has 114 valence electrons. The summed E-state index contributed by atoms with van der Waals surface area (Å²) in [6.45, 7) is 2.61. The number of rotatable bonds is 5. The van der Waals surface area contributed by atoms with E-state index in [1.165, 1.54) is 0 Å². The van der Waals surface area contributed by atoms with Gasteiger partial charge in [0, 0.05) is 28.4 Å². The molecule has 2 aromatic carbocycles. The average Bonchev–Trinajstić information content (AvgIpc) is 2.53. The van der Waals surface area contributed by atoms with Crippen LogP contribution in [0.2, 0.25) is 5.02 Å². The van der Waals surface area contributed by atoms with Crippen molar-refractivity contribution >= 4 is 29.1 Å². The highest BCUT2D eigenvalue weighted by Gasteiger charge is 2.09. The van der Waals surface area contributed by atoms with Crippen molar-refractivity contribution < 1.29 is 9.59 Å². The Kier molecular flexibility index (Phi) is 5.55. The van der Waals surface area contributed by atoms with Gasteiger partial charge in [-0.2, -0.15) is 0 Å². The van der Waals surface area contributed by atoms with Crippen LogP contribution in [-0.2, 0) is 0 Å². The van der Waals surface area contributed by atoms with E-state index in [1.807, 2.05) is 6.92 Å². The van der Waals surface area contributed by atoms with Crippen LogP contribution in [0.1, 0.15) is 34.1 Å². The Morgan fingerprint density at radius 2 is 1.73 bits per heavy atom. The van der Waals surface area contributed by atoms with Crippen molar-refractivity contribution in [3.8, 4) is 0 Å². The summed E-state index contributed by atoms with van der Waals surface area (Å²) in [5.74, 6) is -0.396. The summed E-state index contributed by atoms with van der Waals surface area (Å²) < 4.78 is 0. The molecule has 0 fully saturated rings. The van der Waals surface area contributed by atoms with Crippen LogP contribution in [0.15, 0.2) is 48.5 Å². The van der Waals surface area contributed by atoms with E-state index in [1.54, 1.807) is 48.5 Å². The Morgan fingerprint density at radius 1 is 1.00 bits per heavy atom. The van der Waals surface area contributed by atoms with E-state index < -0.39 is 0 Å². The normalized spacial score (nSPS) is 10.1. The van der Waals surface area contributed by atoms with Crippen LogP contribution < -0.4 is 10.6 Å². The molecule has 2 N–H and O–H groups in total. The van der Waals surface area contributed by atoms with Gasteiger partial charge < -0.3 is 10.6 Å². The summed E-state index contributed by atoms with van der Waals surface area (Å²) in [5.41, 5.74) is 1.59. The number of benzene rings is 2. The number of carbonyl (C=O) groups is 2. The monoisotopic (exact) mass is 316 g/mol. The fourth-order valence-corrected chi connectivity index (χ4v) is 2.01. The molecule has 22 heavy (non-hydrogen) atoms. The van der Waals surface area contributed by atoms with Crippen LogP contribution >= 0.6 is 11.6 Å². The van der Waals surface area contributed by atoms with Crippen molar-refractivity contribution in [2.45, 2.75) is 13.3 Å². The minimum absolute atomic E-state index is 0.149. The molecule has 0 bridgehead atoms. The van der Waals surface area contributed by atoms with E-state index in [9.17, 15) is 9.59 Å². The SMILES string of the molecule is CCCNC(=O)c1cccc(NC(=O)c2ccc(Cl)cc2)c1. The zero-order valence-electron chi connectivity index (χ0n) is 12.2. The predicted octanol–water partition coefficient (Wildman–Crippen LogP) is 3.73. The van der Waals surface area contributed by atoms with Crippen molar-refractivity contribution in [3.63, 3.8) is 0 Å². The average molecular weight is 317 g/mol. The highest BCUT2D eigenvalue weighted by Crippen LogP contribution is 2.14. The molecular formula is C17H17ClN2O2. The third-order valence-electron chi connectivity index (χ3n) is 3.02. The van der Waals surface area contributed by atoms with Crippen molar-refractivity contribution in [1.29, 1.82) is 0 Å². The topological polar surface area (TPSA) is 58.2 Å². The number of hydrogen-bond donors (Lipinski definition) is 2. The third-order valence-corrected chi connectivity index (χ3v) is 3.28. The maximum atomic E-state index is 12.1.